The lowest BCUT2D eigenvalue weighted by Crippen LogP contribution is -2.05. The van der Waals surface area contributed by atoms with Crippen molar-refractivity contribution in [2.75, 3.05) is 0 Å². The number of aromatic nitrogens is 3. The summed E-state index contributed by atoms with van der Waals surface area (Å²) < 4.78 is 4.87. The number of fused-ring (bicyclic) bond motifs is 6. The first-order chi connectivity index (χ1) is 33.3. The van der Waals surface area contributed by atoms with E-state index < -0.39 is 0 Å². The van der Waals surface area contributed by atoms with Crippen molar-refractivity contribution >= 4 is 49.3 Å². The van der Waals surface area contributed by atoms with Crippen LogP contribution < -0.4 is 0 Å². The quantitative estimate of drug-likeness (QED) is 0.147. The maximum Gasteiger partial charge on any atom is 0.187 e. The zero-order chi connectivity index (χ0) is 46.0. The van der Waals surface area contributed by atoms with Gasteiger partial charge in [-0.3, -0.25) is 4.98 Å². The van der Waals surface area contributed by atoms with Crippen molar-refractivity contribution in [3.63, 3.8) is 0 Å². The molecular weight excluding hydrogens is 825 g/mol. The van der Waals surface area contributed by atoms with Gasteiger partial charge in [0.1, 0.15) is 0 Å². The number of benzene rings is 9. The SMILES string of the molecule is [C-]#[N+]c1ccc(-c2c(-n3c4cc(-c5cccc(C)c5)ccc4c4ccc(-c5cccc(C)c5)cc43)cncc2-n2c3cc(-c4cccc(C)c4)ccc3c3ccc(-c4cccc(C)c4)cc32)cc1. The molecule has 9 aromatic carbocycles. The minimum atomic E-state index is 0.593. The standard InChI is InChI=1S/C64H46N4/c1-40-10-6-14-45(30-40)49-20-26-54-55-27-21-50(46-15-7-11-41(2)31-46)35-59(55)67(58(54)34-49)62-38-66-39-63(64(62)44-18-24-53(65-5)25-19-44)68-60-36-51(47-16-8-12-42(3)32-47)22-28-56(60)57-29-23-52(37-61(57)68)48-17-9-13-43(4)33-48/h6-39H,1-4H3. The van der Waals surface area contributed by atoms with Gasteiger partial charge in [0.05, 0.1) is 52.4 Å². The van der Waals surface area contributed by atoms with Crippen LogP contribution in [0, 0.1) is 34.3 Å². The first-order valence-electron chi connectivity index (χ1n) is 23.2. The van der Waals surface area contributed by atoms with Gasteiger partial charge in [-0.2, -0.15) is 0 Å². The van der Waals surface area contributed by atoms with E-state index >= 15 is 0 Å². The van der Waals surface area contributed by atoms with Gasteiger partial charge in [0.2, 0.25) is 0 Å². The Morgan fingerprint density at radius 2 is 0.632 bits per heavy atom. The maximum atomic E-state index is 7.92. The molecule has 0 spiro atoms. The average Bonchev–Trinajstić information content (AvgIpc) is 3.87. The summed E-state index contributed by atoms with van der Waals surface area (Å²) in [5.74, 6) is 0. The summed E-state index contributed by atoms with van der Waals surface area (Å²) in [6.45, 7) is 16.5. The minimum absolute atomic E-state index is 0.593. The molecule has 322 valence electrons. The number of rotatable bonds is 7. The van der Waals surface area contributed by atoms with Crippen LogP contribution in [-0.4, -0.2) is 14.1 Å². The molecule has 0 atom stereocenters. The van der Waals surface area contributed by atoms with E-state index in [9.17, 15) is 0 Å². The summed E-state index contributed by atoms with van der Waals surface area (Å²) in [4.78, 5) is 9.04. The summed E-state index contributed by atoms with van der Waals surface area (Å²) in [7, 11) is 0. The van der Waals surface area contributed by atoms with Gasteiger partial charge in [-0.25, -0.2) is 4.85 Å². The van der Waals surface area contributed by atoms with Gasteiger partial charge in [0, 0.05) is 27.1 Å². The molecule has 3 aromatic heterocycles. The number of hydrogen-bond acceptors (Lipinski definition) is 1. The van der Waals surface area contributed by atoms with Gasteiger partial charge in [0.15, 0.2) is 5.69 Å². The lowest BCUT2D eigenvalue weighted by Gasteiger charge is -2.20. The second-order valence-corrected chi connectivity index (χ2v) is 18.3. The van der Waals surface area contributed by atoms with Crippen LogP contribution in [0.4, 0.5) is 5.69 Å². The van der Waals surface area contributed by atoms with Crippen molar-refractivity contribution in [1.29, 1.82) is 0 Å². The van der Waals surface area contributed by atoms with E-state index in [-0.39, 0.29) is 0 Å². The smallest absolute Gasteiger partial charge is 0.187 e. The van der Waals surface area contributed by atoms with Crippen molar-refractivity contribution in [3.05, 3.63) is 240 Å². The molecule has 68 heavy (non-hydrogen) atoms. The fourth-order valence-corrected chi connectivity index (χ4v) is 10.3. The molecule has 3 heterocycles. The second kappa shape index (κ2) is 16.3. The Hall–Kier alpha value is -8.78. The predicted molar refractivity (Wildman–Crippen MR) is 285 cm³/mol. The van der Waals surface area contributed by atoms with Crippen LogP contribution in [0.15, 0.2) is 207 Å². The maximum absolute atomic E-state index is 7.92. The van der Waals surface area contributed by atoms with E-state index in [4.69, 9.17) is 11.6 Å². The summed E-state index contributed by atoms with van der Waals surface area (Å²) in [6.07, 6.45) is 4.06. The highest BCUT2D eigenvalue weighted by molar-refractivity contribution is 6.14. The van der Waals surface area contributed by atoms with Gasteiger partial charge in [-0.1, -0.05) is 192 Å². The van der Waals surface area contributed by atoms with E-state index in [0.717, 1.165) is 88.4 Å². The zero-order valence-electron chi connectivity index (χ0n) is 38.4. The summed E-state index contributed by atoms with van der Waals surface area (Å²) in [6, 6.07) is 70.6. The van der Waals surface area contributed by atoms with Crippen LogP contribution in [0.2, 0.25) is 0 Å². The molecule has 0 amide bonds. The van der Waals surface area contributed by atoms with Gasteiger partial charge in [0.25, 0.3) is 0 Å². The molecule has 0 bridgehead atoms. The first kappa shape index (κ1) is 40.7. The van der Waals surface area contributed by atoms with Gasteiger partial charge in [-0.05, 0) is 102 Å². The number of hydrogen-bond donors (Lipinski definition) is 0. The Balaban J connectivity index is 1.22. The Morgan fingerprint density at radius 3 is 0.926 bits per heavy atom. The minimum Gasteiger partial charge on any atom is -0.307 e. The fourth-order valence-electron chi connectivity index (χ4n) is 10.3. The Morgan fingerprint density at radius 1 is 0.338 bits per heavy atom. The summed E-state index contributed by atoms with van der Waals surface area (Å²) >= 11 is 0. The van der Waals surface area contributed by atoms with E-state index in [2.05, 4.69) is 224 Å². The van der Waals surface area contributed by atoms with Gasteiger partial charge >= 0.3 is 0 Å². The van der Waals surface area contributed by atoms with Crippen molar-refractivity contribution in [3.8, 4) is 67.0 Å². The van der Waals surface area contributed by atoms with Crippen LogP contribution in [0.5, 0.6) is 0 Å². The molecule has 0 aliphatic carbocycles. The van der Waals surface area contributed by atoms with Gasteiger partial charge in [-0.15, -0.1) is 0 Å². The zero-order valence-corrected chi connectivity index (χ0v) is 38.4. The molecule has 12 rings (SSSR count). The Bertz CT molecular complexity index is 3590. The first-order valence-corrected chi connectivity index (χ1v) is 23.2. The normalized spacial score (nSPS) is 11.5. The van der Waals surface area contributed by atoms with Crippen molar-refractivity contribution in [1.82, 2.24) is 14.1 Å². The van der Waals surface area contributed by atoms with E-state index in [1.54, 1.807) is 0 Å². The van der Waals surface area contributed by atoms with Crippen LogP contribution in [0.25, 0.3) is 115 Å². The molecular formula is C64H46N4. The number of aryl methyl sites for hydroxylation is 4. The fraction of sp³-hybridized carbons (Fsp3) is 0.0625. The molecule has 0 saturated heterocycles. The van der Waals surface area contributed by atoms with Crippen molar-refractivity contribution in [2.24, 2.45) is 0 Å². The van der Waals surface area contributed by atoms with Gasteiger partial charge < -0.3 is 9.13 Å². The summed E-state index contributed by atoms with van der Waals surface area (Å²) in [5, 5.41) is 4.65. The highest BCUT2D eigenvalue weighted by Crippen LogP contribution is 2.45. The second-order valence-electron chi connectivity index (χ2n) is 18.3. The van der Waals surface area contributed by atoms with Crippen LogP contribution in [0.3, 0.4) is 0 Å². The van der Waals surface area contributed by atoms with Crippen LogP contribution in [-0.2, 0) is 0 Å². The molecule has 4 nitrogen and oxygen atoms in total. The van der Waals surface area contributed by atoms with Crippen LogP contribution in [0.1, 0.15) is 22.3 Å². The van der Waals surface area contributed by atoms with E-state index in [1.165, 1.54) is 44.5 Å². The molecule has 0 aliphatic rings. The van der Waals surface area contributed by atoms with Crippen molar-refractivity contribution < 1.29 is 0 Å². The average molecular weight is 871 g/mol. The van der Waals surface area contributed by atoms with Crippen LogP contribution >= 0.6 is 0 Å². The lowest BCUT2D eigenvalue weighted by molar-refractivity contribution is 1.09. The monoisotopic (exact) mass is 870 g/mol. The number of pyridine rings is 1. The highest BCUT2D eigenvalue weighted by atomic mass is 15.0. The molecule has 4 heteroatoms. The molecule has 0 aliphatic heterocycles. The third-order valence-electron chi connectivity index (χ3n) is 13.6. The Labute approximate surface area is 396 Å². The topological polar surface area (TPSA) is 27.1 Å². The molecule has 0 saturated carbocycles. The summed E-state index contributed by atoms with van der Waals surface area (Å²) in [5.41, 5.74) is 23.0. The molecule has 0 fully saturated rings. The highest BCUT2D eigenvalue weighted by Gasteiger charge is 2.24. The lowest BCUT2D eigenvalue weighted by atomic mass is 10.0. The molecule has 0 N–H and O–H groups in total. The third-order valence-corrected chi connectivity index (χ3v) is 13.6. The van der Waals surface area contributed by atoms with E-state index in [1.807, 2.05) is 24.5 Å². The third kappa shape index (κ3) is 6.96. The largest absolute Gasteiger partial charge is 0.307 e. The molecule has 0 unspecified atom stereocenters. The molecule has 0 radical (unpaired) electrons. The Kier molecular flexibility index (Phi) is 9.74. The van der Waals surface area contributed by atoms with E-state index in [0.29, 0.717) is 5.69 Å². The predicted octanol–water partition coefficient (Wildman–Crippen LogP) is 17.4. The van der Waals surface area contributed by atoms with Crippen molar-refractivity contribution in [2.45, 2.75) is 27.7 Å². The molecule has 12 aromatic rings. The number of nitrogens with zero attached hydrogens (tertiary/aromatic N) is 4.